The van der Waals surface area contributed by atoms with Crippen LogP contribution in [0.1, 0.15) is 19.4 Å². The number of hydrogen-bond donors (Lipinski definition) is 1. The number of aliphatic hydroxyl groups excluding tert-OH is 1. The molecule has 0 radical (unpaired) electrons. The van der Waals surface area contributed by atoms with E-state index in [-0.39, 0.29) is 22.4 Å². The minimum Gasteiger partial charge on any atom is -0.515 e. The Kier molecular flexibility index (Phi) is 5.28. The molecule has 0 spiro atoms. The SMILES string of the molecule is CC(C)(Cc1ccc(SC(F)(F)F)cc1)C(=O)/C=C/O. The van der Waals surface area contributed by atoms with Crippen molar-refractivity contribution >= 4 is 17.5 Å². The zero-order valence-corrected chi connectivity index (χ0v) is 11.9. The Labute approximate surface area is 119 Å². The summed E-state index contributed by atoms with van der Waals surface area (Å²) in [6.45, 7) is 3.43. The predicted octanol–water partition coefficient (Wildman–Crippen LogP) is 4.51. The van der Waals surface area contributed by atoms with E-state index in [1.807, 2.05) is 0 Å². The number of alkyl halides is 3. The van der Waals surface area contributed by atoms with Crippen molar-refractivity contribution in [2.24, 2.45) is 5.41 Å². The van der Waals surface area contributed by atoms with Crippen LogP contribution in [-0.4, -0.2) is 16.4 Å². The maximum atomic E-state index is 12.2. The van der Waals surface area contributed by atoms with Crippen molar-refractivity contribution in [1.82, 2.24) is 0 Å². The molecule has 0 fully saturated rings. The van der Waals surface area contributed by atoms with Crippen molar-refractivity contribution in [3.8, 4) is 0 Å². The lowest BCUT2D eigenvalue weighted by Gasteiger charge is -2.21. The van der Waals surface area contributed by atoms with E-state index in [2.05, 4.69) is 0 Å². The molecule has 0 aliphatic carbocycles. The summed E-state index contributed by atoms with van der Waals surface area (Å²) in [5.41, 5.74) is -4.26. The summed E-state index contributed by atoms with van der Waals surface area (Å²) >= 11 is -0.169. The molecule has 0 amide bonds. The van der Waals surface area contributed by atoms with Gasteiger partial charge in [-0.3, -0.25) is 4.79 Å². The number of benzene rings is 1. The smallest absolute Gasteiger partial charge is 0.446 e. The van der Waals surface area contributed by atoms with Gasteiger partial charge in [0.15, 0.2) is 5.78 Å². The van der Waals surface area contributed by atoms with Crippen LogP contribution in [0.3, 0.4) is 0 Å². The summed E-state index contributed by atoms with van der Waals surface area (Å²) in [6.07, 6.45) is 2.15. The van der Waals surface area contributed by atoms with Gasteiger partial charge in [0, 0.05) is 16.4 Å². The summed E-state index contributed by atoms with van der Waals surface area (Å²) in [7, 11) is 0. The van der Waals surface area contributed by atoms with Gasteiger partial charge in [-0.1, -0.05) is 26.0 Å². The molecule has 0 heterocycles. The zero-order chi connectivity index (χ0) is 15.4. The van der Waals surface area contributed by atoms with Gasteiger partial charge in [0.05, 0.1) is 6.26 Å². The Balaban J connectivity index is 2.77. The van der Waals surface area contributed by atoms with Crippen LogP contribution in [0.5, 0.6) is 0 Å². The molecule has 110 valence electrons. The topological polar surface area (TPSA) is 37.3 Å². The van der Waals surface area contributed by atoms with Crippen molar-refractivity contribution in [3.05, 3.63) is 42.2 Å². The standard InChI is InChI=1S/C14H15F3O2S/c1-13(2,12(19)7-8-18)9-10-3-5-11(6-4-10)20-14(15,16)17/h3-8,18H,9H2,1-2H3/b8-7+. The van der Waals surface area contributed by atoms with Gasteiger partial charge in [-0.15, -0.1) is 0 Å². The minimum absolute atomic E-state index is 0.112. The molecule has 0 saturated heterocycles. The number of ketones is 1. The number of halogens is 3. The highest BCUT2D eigenvalue weighted by Crippen LogP contribution is 2.37. The lowest BCUT2D eigenvalue weighted by atomic mass is 9.81. The molecule has 0 aliphatic rings. The summed E-state index contributed by atoms with van der Waals surface area (Å²) in [5, 5.41) is 8.60. The maximum Gasteiger partial charge on any atom is 0.446 e. The predicted molar refractivity (Wildman–Crippen MR) is 72.6 cm³/mol. The summed E-state index contributed by atoms with van der Waals surface area (Å²) < 4.78 is 36.6. The molecule has 0 aliphatic heterocycles. The van der Waals surface area contributed by atoms with Crippen molar-refractivity contribution in [1.29, 1.82) is 0 Å². The van der Waals surface area contributed by atoms with Crippen molar-refractivity contribution in [2.75, 3.05) is 0 Å². The third-order valence-corrected chi connectivity index (χ3v) is 3.44. The average molecular weight is 304 g/mol. The third kappa shape index (κ3) is 5.28. The van der Waals surface area contributed by atoms with E-state index in [0.717, 1.165) is 11.6 Å². The van der Waals surface area contributed by atoms with Gasteiger partial charge in [0.1, 0.15) is 0 Å². The average Bonchev–Trinajstić information content (AvgIpc) is 2.30. The van der Waals surface area contributed by atoms with E-state index in [9.17, 15) is 18.0 Å². The maximum absolute atomic E-state index is 12.2. The molecule has 0 saturated carbocycles. The van der Waals surface area contributed by atoms with E-state index in [1.165, 1.54) is 12.1 Å². The molecule has 0 unspecified atom stereocenters. The molecule has 6 heteroatoms. The molecule has 20 heavy (non-hydrogen) atoms. The van der Waals surface area contributed by atoms with Crippen LogP contribution in [-0.2, 0) is 11.2 Å². The first-order chi connectivity index (χ1) is 9.14. The number of aliphatic hydroxyl groups is 1. The second kappa shape index (κ2) is 6.35. The fourth-order valence-corrected chi connectivity index (χ4v) is 2.24. The van der Waals surface area contributed by atoms with Crippen LogP contribution in [0.15, 0.2) is 41.5 Å². The first-order valence-electron chi connectivity index (χ1n) is 5.84. The first kappa shape index (κ1) is 16.6. The summed E-state index contributed by atoms with van der Waals surface area (Å²) in [6, 6.07) is 5.92. The molecular weight excluding hydrogens is 289 g/mol. The molecule has 2 nitrogen and oxygen atoms in total. The number of hydrogen-bond acceptors (Lipinski definition) is 3. The van der Waals surface area contributed by atoms with Gasteiger partial charge in [-0.25, -0.2) is 0 Å². The molecule has 0 bridgehead atoms. The highest BCUT2D eigenvalue weighted by atomic mass is 32.2. The largest absolute Gasteiger partial charge is 0.515 e. The Morgan fingerprint density at radius 2 is 1.80 bits per heavy atom. The van der Waals surface area contributed by atoms with Gasteiger partial charge in [0.25, 0.3) is 0 Å². The molecule has 1 aromatic rings. The van der Waals surface area contributed by atoms with E-state index in [4.69, 9.17) is 5.11 Å². The number of rotatable bonds is 5. The van der Waals surface area contributed by atoms with E-state index in [0.29, 0.717) is 12.7 Å². The van der Waals surface area contributed by atoms with Gasteiger partial charge < -0.3 is 5.11 Å². The van der Waals surface area contributed by atoms with E-state index in [1.54, 1.807) is 26.0 Å². The summed E-state index contributed by atoms with van der Waals surface area (Å²) in [4.78, 5) is 11.8. The quantitative estimate of drug-likeness (QED) is 0.494. The monoisotopic (exact) mass is 304 g/mol. The second-order valence-corrected chi connectivity index (χ2v) is 6.07. The highest BCUT2D eigenvalue weighted by molar-refractivity contribution is 8.00. The normalized spacial score (nSPS) is 12.8. The molecular formula is C14H15F3O2S. The number of carbonyl (C=O) groups is 1. The zero-order valence-electron chi connectivity index (χ0n) is 11.1. The second-order valence-electron chi connectivity index (χ2n) is 4.93. The highest BCUT2D eigenvalue weighted by Gasteiger charge is 2.29. The van der Waals surface area contributed by atoms with Crippen molar-refractivity contribution in [3.63, 3.8) is 0 Å². The fourth-order valence-electron chi connectivity index (χ4n) is 1.70. The number of allylic oxidation sites excluding steroid dienone is 1. The summed E-state index contributed by atoms with van der Waals surface area (Å²) in [5.74, 6) is -0.242. The Hall–Kier alpha value is -1.43. The van der Waals surface area contributed by atoms with E-state index < -0.39 is 10.9 Å². The van der Waals surface area contributed by atoms with Crippen LogP contribution in [0.25, 0.3) is 0 Å². The van der Waals surface area contributed by atoms with Gasteiger partial charge in [-0.2, -0.15) is 13.2 Å². The third-order valence-electron chi connectivity index (χ3n) is 2.70. The number of thioether (sulfide) groups is 1. The lowest BCUT2D eigenvalue weighted by molar-refractivity contribution is -0.122. The molecule has 1 N–H and O–H groups in total. The van der Waals surface area contributed by atoms with Crippen LogP contribution >= 0.6 is 11.8 Å². The number of carbonyl (C=O) groups excluding carboxylic acids is 1. The van der Waals surface area contributed by atoms with Crippen LogP contribution < -0.4 is 0 Å². The van der Waals surface area contributed by atoms with E-state index >= 15 is 0 Å². The molecule has 0 atom stereocenters. The fraction of sp³-hybridized carbons (Fsp3) is 0.357. The lowest BCUT2D eigenvalue weighted by Crippen LogP contribution is -2.25. The van der Waals surface area contributed by atoms with Crippen molar-refractivity contribution in [2.45, 2.75) is 30.7 Å². The molecule has 1 rings (SSSR count). The molecule has 1 aromatic carbocycles. The van der Waals surface area contributed by atoms with Crippen LogP contribution in [0.2, 0.25) is 0 Å². The Morgan fingerprint density at radius 3 is 2.25 bits per heavy atom. The minimum atomic E-state index is -4.30. The van der Waals surface area contributed by atoms with Gasteiger partial charge >= 0.3 is 5.51 Å². The van der Waals surface area contributed by atoms with Gasteiger partial charge in [0.2, 0.25) is 0 Å². The molecule has 0 aromatic heterocycles. The Bertz CT molecular complexity index is 490. The Morgan fingerprint density at radius 1 is 1.25 bits per heavy atom. The first-order valence-corrected chi connectivity index (χ1v) is 6.65. The van der Waals surface area contributed by atoms with Crippen molar-refractivity contribution < 1.29 is 23.1 Å². The van der Waals surface area contributed by atoms with Crippen LogP contribution in [0.4, 0.5) is 13.2 Å². The van der Waals surface area contributed by atoms with Crippen LogP contribution in [0, 0.1) is 5.41 Å². The van der Waals surface area contributed by atoms with Gasteiger partial charge in [-0.05, 0) is 35.9 Å².